The molecule has 1 radical (unpaired) electrons. The Bertz CT molecular complexity index is 985. The van der Waals surface area contributed by atoms with Crippen LogP contribution in [-0.4, -0.2) is 38.6 Å². The molecule has 11 heteroatoms. The Morgan fingerprint density at radius 3 is 2.90 bits per heavy atom. The van der Waals surface area contributed by atoms with Crippen LogP contribution in [0.1, 0.15) is 17.5 Å². The van der Waals surface area contributed by atoms with E-state index in [9.17, 15) is 22.8 Å². The van der Waals surface area contributed by atoms with E-state index < -0.39 is 52.7 Å². The van der Waals surface area contributed by atoms with Crippen molar-refractivity contribution in [1.82, 2.24) is 0 Å². The zero-order valence-electron chi connectivity index (χ0n) is 15.7. The number of carbonyl (C=O) groups excluding carboxylic acids is 2. The standard InChI is InChI=1S/C18H13BF3N2O4S/c19-29-27-6-5-17-4-3-12(28-17)13-14(17)16(26)24(15(13)25)10-2-1-9(8-23)11(7-10)18(20,21)22/h1-4,7,12-14,19H,5-6H2/t12?,13-,14+,17?/m0/s1/i19T. The number of alkyl halides is 3. The largest absolute Gasteiger partial charge is 0.417 e. The van der Waals surface area contributed by atoms with E-state index in [1.807, 2.05) is 0 Å². The van der Waals surface area contributed by atoms with E-state index >= 15 is 0 Å². The third-order valence-electron chi connectivity index (χ3n) is 5.49. The molecule has 6 nitrogen and oxygen atoms in total. The topological polar surface area (TPSA) is 79.6 Å². The molecule has 1 aromatic rings. The van der Waals surface area contributed by atoms with Gasteiger partial charge in [-0.05, 0) is 19.5 Å². The minimum Gasteiger partial charge on any atom is -0.362 e. The van der Waals surface area contributed by atoms with Crippen LogP contribution >= 0.6 is 11.9 Å². The van der Waals surface area contributed by atoms with Crippen LogP contribution in [0.25, 0.3) is 0 Å². The molecule has 0 spiro atoms. The minimum atomic E-state index is -4.81. The molecule has 4 atom stereocenters. The van der Waals surface area contributed by atoms with Crippen molar-refractivity contribution in [3.63, 3.8) is 0 Å². The smallest absolute Gasteiger partial charge is 0.362 e. The molecule has 149 valence electrons. The van der Waals surface area contributed by atoms with Crippen molar-refractivity contribution >= 4 is 36.5 Å². The van der Waals surface area contributed by atoms with Crippen LogP contribution in [0, 0.1) is 23.2 Å². The summed E-state index contributed by atoms with van der Waals surface area (Å²) in [5.41, 5.74) is -3.10. The lowest BCUT2D eigenvalue weighted by atomic mass is 9.75. The van der Waals surface area contributed by atoms with Crippen molar-refractivity contribution in [2.24, 2.45) is 11.8 Å². The Kier molecular flexibility index (Phi) is 4.45. The summed E-state index contributed by atoms with van der Waals surface area (Å²) >= 11 is 0.812. The summed E-state index contributed by atoms with van der Waals surface area (Å²) in [6, 6.07) is 4.25. The van der Waals surface area contributed by atoms with Crippen molar-refractivity contribution < 1.29 is 31.7 Å². The monoisotopic (exact) mass is 423 g/mol. The van der Waals surface area contributed by atoms with Gasteiger partial charge in [0.1, 0.15) is 5.60 Å². The third-order valence-corrected chi connectivity index (χ3v) is 5.79. The molecule has 2 bridgehead atoms. The first-order valence-electron chi connectivity index (χ1n) is 9.16. The summed E-state index contributed by atoms with van der Waals surface area (Å²) in [7, 11) is 0.998. The van der Waals surface area contributed by atoms with Gasteiger partial charge in [-0.25, -0.2) is 4.90 Å². The maximum absolute atomic E-state index is 13.3. The summed E-state index contributed by atoms with van der Waals surface area (Å²) in [5, 5.41) is 8.96. The maximum Gasteiger partial charge on any atom is 0.417 e. The van der Waals surface area contributed by atoms with Crippen molar-refractivity contribution in [3.8, 4) is 6.07 Å². The molecule has 0 aromatic heterocycles. The second-order valence-electron chi connectivity index (χ2n) is 6.92. The van der Waals surface area contributed by atoms with Crippen molar-refractivity contribution in [1.29, 1.82) is 6.60 Å². The molecule has 2 saturated heterocycles. The second-order valence-corrected chi connectivity index (χ2v) is 7.35. The highest BCUT2D eigenvalue weighted by molar-refractivity contribution is 8.15. The van der Waals surface area contributed by atoms with E-state index in [0.29, 0.717) is 6.07 Å². The quantitative estimate of drug-likeness (QED) is 0.230. The molecule has 4 rings (SSSR count). The number of benzene rings is 1. The number of nitrogens with zero attached hydrogens (tertiary/aromatic N) is 2. The van der Waals surface area contributed by atoms with E-state index in [2.05, 4.69) is 0 Å². The second kappa shape index (κ2) is 6.90. The molecule has 2 fully saturated rings. The van der Waals surface area contributed by atoms with Gasteiger partial charge in [-0.2, -0.15) is 18.4 Å². The molecule has 29 heavy (non-hydrogen) atoms. The van der Waals surface area contributed by atoms with Crippen LogP contribution in [0.5, 0.6) is 0 Å². The number of ether oxygens (including phenoxy) is 1. The number of imide groups is 1. The number of hydrogen-bond acceptors (Lipinski definition) is 6. The van der Waals surface area contributed by atoms with Crippen LogP contribution in [-0.2, 0) is 24.7 Å². The van der Waals surface area contributed by atoms with Gasteiger partial charge in [0.25, 0.3) is 0 Å². The summed E-state index contributed by atoms with van der Waals surface area (Å²) in [6.07, 6.45) is -1.83. The van der Waals surface area contributed by atoms with Crippen LogP contribution in [0.15, 0.2) is 30.4 Å². The van der Waals surface area contributed by atoms with E-state index in [1.165, 1.54) is 6.07 Å². The predicted molar refractivity (Wildman–Crippen MR) is 97.7 cm³/mol. The van der Waals surface area contributed by atoms with Crippen LogP contribution in [0.3, 0.4) is 0 Å². The number of carbonyl (C=O) groups is 2. The molecule has 0 N–H and O–H groups in total. The number of fused-ring (bicyclic) bond motifs is 5. The number of hydrogen-bond donors (Lipinski definition) is 0. The van der Waals surface area contributed by atoms with Crippen molar-refractivity contribution in [2.45, 2.75) is 24.3 Å². The van der Waals surface area contributed by atoms with E-state index in [4.69, 9.17) is 15.5 Å². The molecule has 2 unspecified atom stereocenters. The number of rotatable bonds is 6. The molecular formula is C18H13BF3N2O4S. The van der Waals surface area contributed by atoms with E-state index in [1.54, 1.807) is 12.2 Å². The van der Waals surface area contributed by atoms with Gasteiger partial charge in [-0.3, -0.25) is 9.59 Å². The normalized spacial score (nSPS) is 30.5. The van der Waals surface area contributed by atoms with Crippen LogP contribution in [0.4, 0.5) is 18.9 Å². The molecule has 1 aromatic carbocycles. The molecule has 3 aliphatic heterocycles. The van der Waals surface area contributed by atoms with Gasteiger partial charge < -0.3 is 8.92 Å². The van der Waals surface area contributed by atoms with Gasteiger partial charge in [0, 0.05) is 6.42 Å². The zero-order chi connectivity index (χ0) is 21.7. The summed E-state index contributed by atoms with van der Waals surface area (Å²) < 4.78 is 58.0. The lowest BCUT2D eigenvalue weighted by molar-refractivity contribution is -0.138. The number of anilines is 1. The van der Waals surface area contributed by atoms with Crippen molar-refractivity contribution in [3.05, 3.63) is 41.5 Å². The first kappa shape index (κ1) is 18.7. The SMILES string of the molecule is [3H][B]SOCCC12C=CC(O1)[C@@H]1C(=O)N(c3ccc(C#N)c(C(F)(F)F)c3)C(=O)[C@@H]12. The molecule has 0 aliphatic carbocycles. The summed E-state index contributed by atoms with van der Waals surface area (Å²) in [5.74, 6) is -2.98. The van der Waals surface area contributed by atoms with Crippen molar-refractivity contribution in [2.75, 3.05) is 11.5 Å². The Balaban J connectivity index is 1.66. The third kappa shape index (κ3) is 2.98. The van der Waals surface area contributed by atoms with Crippen LogP contribution < -0.4 is 4.90 Å². The highest BCUT2D eigenvalue weighted by Gasteiger charge is 2.67. The van der Waals surface area contributed by atoms with Gasteiger partial charge in [-0.1, -0.05) is 24.0 Å². The Labute approximate surface area is 170 Å². The summed E-state index contributed by atoms with van der Waals surface area (Å²) in [4.78, 5) is 26.9. The highest BCUT2D eigenvalue weighted by atomic mass is 32.2. The first-order valence-corrected chi connectivity index (χ1v) is 9.38. The molecule has 0 saturated carbocycles. The van der Waals surface area contributed by atoms with Gasteiger partial charge in [0.05, 0.1) is 47.4 Å². The van der Waals surface area contributed by atoms with E-state index in [-0.39, 0.29) is 18.7 Å². The lowest BCUT2D eigenvalue weighted by Crippen LogP contribution is -2.41. The van der Waals surface area contributed by atoms with E-state index in [0.717, 1.165) is 36.0 Å². The van der Waals surface area contributed by atoms with Gasteiger partial charge >= 0.3 is 6.18 Å². The Hall–Kier alpha value is -2.29. The fourth-order valence-electron chi connectivity index (χ4n) is 4.30. The zero-order valence-corrected chi connectivity index (χ0v) is 15.5. The molecule has 3 aliphatic rings. The average molecular weight is 423 g/mol. The Morgan fingerprint density at radius 1 is 1.41 bits per heavy atom. The first-order chi connectivity index (χ1) is 14.2. The number of halogens is 3. The fourth-order valence-corrected chi connectivity index (χ4v) is 4.48. The number of nitriles is 1. The minimum absolute atomic E-state index is 0.150. The van der Waals surface area contributed by atoms with Gasteiger partial charge in [-0.15, -0.1) is 0 Å². The molecule has 2 amide bonds. The fraction of sp³-hybridized carbons (Fsp3) is 0.389. The maximum atomic E-state index is 13.3. The van der Waals surface area contributed by atoms with Gasteiger partial charge in [0.15, 0.2) is 0 Å². The average Bonchev–Trinajstić information content (AvgIpc) is 3.34. The Morgan fingerprint density at radius 2 is 2.21 bits per heavy atom. The number of amides is 2. The predicted octanol–water partition coefficient (Wildman–Crippen LogP) is 2.26. The van der Waals surface area contributed by atoms with Crippen LogP contribution in [0.2, 0.25) is 0 Å². The highest BCUT2D eigenvalue weighted by Crippen LogP contribution is 2.54. The molecule has 3 heterocycles. The summed E-state index contributed by atoms with van der Waals surface area (Å²) in [6.45, 7) is 0.150. The van der Waals surface area contributed by atoms with Gasteiger partial charge in [0.2, 0.25) is 18.9 Å². The lowest BCUT2D eigenvalue weighted by Gasteiger charge is -2.28. The molecular weight excluding hydrogens is 408 g/mol.